The molecule has 1 aromatic carbocycles. The minimum Gasteiger partial charge on any atom is -0.355 e. The normalized spacial score (nSPS) is 11.6. The van der Waals surface area contributed by atoms with Crippen molar-refractivity contribution in [3.8, 4) is 0 Å². The molecule has 0 aliphatic heterocycles. The molecule has 0 atom stereocenters. The highest BCUT2D eigenvalue weighted by Crippen LogP contribution is 2.17. The van der Waals surface area contributed by atoms with E-state index in [4.69, 9.17) is 4.98 Å². The van der Waals surface area contributed by atoms with E-state index in [1.165, 1.54) is 0 Å². The lowest BCUT2D eigenvalue weighted by atomic mass is 9.96. The summed E-state index contributed by atoms with van der Waals surface area (Å²) in [4.78, 5) is 31.7. The fourth-order valence-electron chi connectivity index (χ4n) is 3.18. The molecule has 2 aromatic rings. The van der Waals surface area contributed by atoms with Gasteiger partial charge in [0.15, 0.2) is 0 Å². The Hall–Kier alpha value is -2.37. The lowest BCUT2D eigenvalue weighted by molar-refractivity contribution is -0.132. The standard InChI is InChI=1S/C22H34N4O2/c1-6-14-25(15-7-2)20(27)16-26-18-11-9-8-10-17(18)24-19(26)12-13-23-21(28)22(3,4)5/h8-11H,6-7,12-16H2,1-5H3,(H,23,28). The van der Waals surface area contributed by atoms with Gasteiger partial charge in [0.25, 0.3) is 0 Å². The van der Waals surface area contributed by atoms with Gasteiger partial charge >= 0.3 is 0 Å². The van der Waals surface area contributed by atoms with Crippen LogP contribution in [0.15, 0.2) is 24.3 Å². The molecular formula is C22H34N4O2. The molecule has 0 aliphatic carbocycles. The summed E-state index contributed by atoms with van der Waals surface area (Å²) in [6, 6.07) is 7.87. The van der Waals surface area contributed by atoms with Gasteiger partial charge < -0.3 is 14.8 Å². The minimum absolute atomic E-state index is 0.0169. The number of benzene rings is 1. The Kier molecular flexibility index (Phi) is 7.61. The molecule has 28 heavy (non-hydrogen) atoms. The van der Waals surface area contributed by atoms with Crippen molar-refractivity contribution < 1.29 is 9.59 Å². The fraction of sp³-hybridized carbons (Fsp3) is 0.591. The first-order valence-electron chi connectivity index (χ1n) is 10.3. The number of amides is 2. The van der Waals surface area contributed by atoms with Crippen molar-refractivity contribution in [3.05, 3.63) is 30.1 Å². The van der Waals surface area contributed by atoms with Crippen molar-refractivity contribution in [2.75, 3.05) is 19.6 Å². The molecule has 0 fully saturated rings. The Morgan fingerprint density at radius 2 is 1.75 bits per heavy atom. The van der Waals surface area contributed by atoms with E-state index in [1.54, 1.807) is 0 Å². The first-order chi connectivity index (χ1) is 13.3. The largest absolute Gasteiger partial charge is 0.355 e. The van der Waals surface area contributed by atoms with Crippen LogP contribution in [0.25, 0.3) is 11.0 Å². The molecule has 0 bridgehead atoms. The summed E-state index contributed by atoms with van der Waals surface area (Å²) in [6.45, 7) is 12.2. The van der Waals surface area contributed by atoms with Gasteiger partial charge in [-0.25, -0.2) is 4.98 Å². The molecule has 1 N–H and O–H groups in total. The number of hydrogen-bond donors (Lipinski definition) is 1. The molecule has 2 rings (SSSR count). The summed E-state index contributed by atoms with van der Waals surface area (Å²) >= 11 is 0. The van der Waals surface area contributed by atoms with E-state index in [9.17, 15) is 9.59 Å². The highest BCUT2D eigenvalue weighted by molar-refractivity contribution is 5.82. The zero-order chi connectivity index (χ0) is 20.7. The number of carbonyl (C=O) groups excluding carboxylic acids is 2. The molecule has 6 nitrogen and oxygen atoms in total. The average molecular weight is 387 g/mol. The van der Waals surface area contributed by atoms with Crippen LogP contribution < -0.4 is 5.32 Å². The van der Waals surface area contributed by atoms with Crippen molar-refractivity contribution in [3.63, 3.8) is 0 Å². The third-order valence-electron chi connectivity index (χ3n) is 4.68. The molecule has 1 aromatic heterocycles. The van der Waals surface area contributed by atoms with Crippen molar-refractivity contribution in [2.24, 2.45) is 5.41 Å². The zero-order valence-corrected chi connectivity index (χ0v) is 17.9. The van der Waals surface area contributed by atoms with Gasteiger partial charge in [0.05, 0.1) is 11.0 Å². The maximum absolute atomic E-state index is 12.9. The molecule has 2 amide bonds. The molecule has 0 spiro atoms. The Morgan fingerprint density at radius 3 is 2.36 bits per heavy atom. The zero-order valence-electron chi connectivity index (χ0n) is 17.9. The number of hydrogen-bond acceptors (Lipinski definition) is 3. The van der Waals surface area contributed by atoms with Crippen LogP contribution in [0.4, 0.5) is 0 Å². The number of para-hydroxylation sites is 2. The van der Waals surface area contributed by atoms with Crippen molar-refractivity contribution >= 4 is 22.8 Å². The van der Waals surface area contributed by atoms with Crippen LogP contribution in [-0.2, 0) is 22.6 Å². The van der Waals surface area contributed by atoms with E-state index in [0.717, 1.165) is 42.8 Å². The number of rotatable bonds is 9. The van der Waals surface area contributed by atoms with Gasteiger partial charge in [0.1, 0.15) is 12.4 Å². The lowest BCUT2D eigenvalue weighted by Crippen LogP contribution is -2.37. The van der Waals surface area contributed by atoms with E-state index in [2.05, 4.69) is 19.2 Å². The predicted molar refractivity (Wildman–Crippen MR) is 113 cm³/mol. The second kappa shape index (κ2) is 9.71. The average Bonchev–Trinajstić information content (AvgIpc) is 2.98. The van der Waals surface area contributed by atoms with Crippen LogP contribution in [0.1, 0.15) is 53.3 Å². The summed E-state index contributed by atoms with van der Waals surface area (Å²) < 4.78 is 2.00. The van der Waals surface area contributed by atoms with E-state index in [1.807, 2.05) is 54.5 Å². The van der Waals surface area contributed by atoms with Crippen molar-refractivity contribution in [1.29, 1.82) is 0 Å². The molecular weight excluding hydrogens is 352 g/mol. The topological polar surface area (TPSA) is 67.2 Å². The summed E-state index contributed by atoms with van der Waals surface area (Å²) in [6.07, 6.45) is 2.48. The van der Waals surface area contributed by atoms with E-state index >= 15 is 0 Å². The Labute approximate surface area is 168 Å². The van der Waals surface area contributed by atoms with Crippen LogP contribution in [-0.4, -0.2) is 45.9 Å². The van der Waals surface area contributed by atoms with Crippen LogP contribution in [0.3, 0.4) is 0 Å². The molecule has 6 heteroatoms. The fourth-order valence-corrected chi connectivity index (χ4v) is 3.18. The third-order valence-corrected chi connectivity index (χ3v) is 4.68. The highest BCUT2D eigenvalue weighted by atomic mass is 16.2. The van der Waals surface area contributed by atoms with Crippen LogP contribution in [0.2, 0.25) is 0 Å². The van der Waals surface area contributed by atoms with Crippen LogP contribution in [0, 0.1) is 5.41 Å². The van der Waals surface area contributed by atoms with Gasteiger partial charge in [0.2, 0.25) is 11.8 Å². The monoisotopic (exact) mass is 386 g/mol. The molecule has 1 heterocycles. The maximum Gasteiger partial charge on any atom is 0.242 e. The van der Waals surface area contributed by atoms with Gasteiger partial charge in [-0.1, -0.05) is 46.8 Å². The van der Waals surface area contributed by atoms with Gasteiger partial charge in [-0.2, -0.15) is 0 Å². The Bertz CT molecular complexity index is 798. The first-order valence-corrected chi connectivity index (χ1v) is 10.3. The predicted octanol–water partition coefficient (Wildman–Crippen LogP) is 3.39. The van der Waals surface area contributed by atoms with E-state index in [0.29, 0.717) is 13.0 Å². The van der Waals surface area contributed by atoms with Gasteiger partial charge in [-0.15, -0.1) is 0 Å². The lowest BCUT2D eigenvalue weighted by Gasteiger charge is -2.22. The molecule has 0 saturated heterocycles. The number of fused-ring (bicyclic) bond motifs is 1. The van der Waals surface area contributed by atoms with Gasteiger partial charge in [-0.3, -0.25) is 9.59 Å². The number of imidazole rings is 1. The quantitative estimate of drug-likeness (QED) is 0.718. The molecule has 0 aliphatic rings. The molecule has 0 saturated carbocycles. The van der Waals surface area contributed by atoms with Crippen LogP contribution >= 0.6 is 0 Å². The number of nitrogens with zero attached hydrogens (tertiary/aromatic N) is 3. The summed E-state index contributed by atoms with van der Waals surface area (Å²) in [5.74, 6) is 0.965. The SMILES string of the molecule is CCCN(CCC)C(=O)Cn1c(CCNC(=O)C(C)(C)C)nc2ccccc21. The van der Waals surface area contributed by atoms with Crippen LogP contribution in [0.5, 0.6) is 0 Å². The second-order valence-corrected chi connectivity index (χ2v) is 8.24. The van der Waals surface area contributed by atoms with E-state index in [-0.39, 0.29) is 18.4 Å². The molecule has 0 radical (unpaired) electrons. The minimum atomic E-state index is -0.420. The van der Waals surface area contributed by atoms with Gasteiger partial charge in [0, 0.05) is 31.5 Å². The van der Waals surface area contributed by atoms with E-state index < -0.39 is 5.41 Å². The Morgan fingerprint density at radius 1 is 1.11 bits per heavy atom. The number of carbonyl (C=O) groups is 2. The summed E-state index contributed by atoms with van der Waals surface area (Å²) in [7, 11) is 0. The Balaban J connectivity index is 2.20. The second-order valence-electron chi connectivity index (χ2n) is 8.24. The smallest absolute Gasteiger partial charge is 0.242 e. The maximum atomic E-state index is 12.9. The molecule has 154 valence electrons. The van der Waals surface area contributed by atoms with Crippen molar-refractivity contribution in [1.82, 2.24) is 19.8 Å². The third kappa shape index (κ3) is 5.57. The highest BCUT2D eigenvalue weighted by Gasteiger charge is 2.21. The van der Waals surface area contributed by atoms with Gasteiger partial charge in [-0.05, 0) is 25.0 Å². The number of nitrogens with one attached hydrogen (secondary N) is 1. The molecule has 0 unspecified atom stereocenters. The number of aromatic nitrogens is 2. The summed E-state index contributed by atoms with van der Waals surface area (Å²) in [5, 5.41) is 2.97. The first kappa shape index (κ1) is 21.9. The van der Waals surface area contributed by atoms with Crippen molar-refractivity contribution in [2.45, 2.75) is 60.4 Å². The summed E-state index contributed by atoms with van der Waals surface area (Å²) in [5.41, 5.74) is 1.42.